The highest BCUT2D eigenvalue weighted by atomic mass is 16.2. The minimum absolute atomic E-state index is 0.00464. The zero-order chi connectivity index (χ0) is 15.8. The molecule has 21 heavy (non-hydrogen) atoms. The molecule has 0 spiro atoms. The summed E-state index contributed by atoms with van der Waals surface area (Å²) in [6, 6.07) is 3.55. The maximum absolute atomic E-state index is 12.5. The summed E-state index contributed by atoms with van der Waals surface area (Å²) in [4.78, 5) is 20.7. The van der Waals surface area contributed by atoms with Crippen LogP contribution in [0.4, 0.5) is 5.82 Å². The lowest BCUT2D eigenvalue weighted by atomic mass is 10.1. The molecule has 6 heteroatoms. The van der Waals surface area contributed by atoms with E-state index in [4.69, 9.17) is 5.84 Å². The molecule has 0 unspecified atom stereocenters. The number of pyridine rings is 1. The topological polar surface area (TPSA) is 74.5 Å². The Morgan fingerprint density at radius 3 is 2.57 bits per heavy atom. The molecular weight excluding hydrogens is 266 g/mol. The minimum atomic E-state index is 0.00464. The van der Waals surface area contributed by atoms with Gasteiger partial charge in [-0.3, -0.25) is 4.79 Å². The van der Waals surface area contributed by atoms with Gasteiger partial charge in [0.25, 0.3) is 5.91 Å². The highest BCUT2D eigenvalue weighted by molar-refractivity contribution is 5.94. The van der Waals surface area contributed by atoms with E-state index in [2.05, 4.69) is 22.2 Å². The fraction of sp³-hybridized carbons (Fsp3) is 0.600. The van der Waals surface area contributed by atoms with Gasteiger partial charge in [0.15, 0.2) is 0 Å². The van der Waals surface area contributed by atoms with Crippen molar-refractivity contribution in [3.8, 4) is 0 Å². The van der Waals surface area contributed by atoms with Crippen LogP contribution in [0.3, 0.4) is 0 Å². The van der Waals surface area contributed by atoms with Crippen molar-refractivity contribution in [3.63, 3.8) is 0 Å². The third-order valence-electron chi connectivity index (χ3n) is 3.22. The molecule has 0 aliphatic heterocycles. The maximum Gasteiger partial charge on any atom is 0.253 e. The van der Waals surface area contributed by atoms with Gasteiger partial charge in [-0.05, 0) is 45.6 Å². The van der Waals surface area contributed by atoms with E-state index in [9.17, 15) is 4.79 Å². The van der Waals surface area contributed by atoms with Crippen molar-refractivity contribution in [2.45, 2.75) is 26.2 Å². The molecule has 0 atom stereocenters. The first-order chi connectivity index (χ1) is 9.97. The number of hydrogen-bond acceptors (Lipinski definition) is 5. The van der Waals surface area contributed by atoms with Gasteiger partial charge in [0, 0.05) is 24.8 Å². The Bertz CT molecular complexity index is 461. The number of carbonyl (C=O) groups is 1. The van der Waals surface area contributed by atoms with Crippen molar-refractivity contribution >= 4 is 11.7 Å². The average Bonchev–Trinajstić information content (AvgIpc) is 2.45. The molecule has 0 aromatic carbocycles. The van der Waals surface area contributed by atoms with Crippen molar-refractivity contribution in [3.05, 3.63) is 23.4 Å². The monoisotopic (exact) mass is 293 g/mol. The van der Waals surface area contributed by atoms with Gasteiger partial charge in [0.2, 0.25) is 0 Å². The van der Waals surface area contributed by atoms with Crippen LogP contribution in [-0.4, -0.2) is 54.9 Å². The fourth-order valence-corrected chi connectivity index (χ4v) is 2.12. The van der Waals surface area contributed by atoms with Crippen LogP contribution in [0.5, 0.6) is 0 Å². The van der Waals surface area contributed by atoms with Crippen LogP contribution in [0.25, 0.3) is 0 Å². The number of hydrazine groups is 1. The second-order valence-corrected chi connectivity index (χ2v) is 5.51. The summed E-state index contributed by atoms with van der Waals surface area (Å²) in [6.45, 7) is 3.78. The average molecular weight is 293 g/mol. The molecule has 0 fully saturated rings. The Balaban J connectivity index is 2.77. The number of amides is 1. The van der Waals surface area contributed by atoms with Gasteiger partial charge in [-0.1, -0.05) is 13.3 Å². The van der Waals surface area contributed by atoms with Crippen LogP contribution < -0.4 is 11.3 Å². The SMILES string of the molecule is CCCc1cc(C(=O)N(C)CCCN(C)C)cc(NN)n1. The van der Waals surface area contributed by atoms with Crippen molar-refractivity contribution in [1.29, 1.82) is 0 Å². The first-order valence-electron chi connectivity index (χ1n) is 7.35. The van der Waals surface area contributed by atoms with E-state index in [-0.39, 0.29) is 5.91 Å². The summed E-state index contributed by atoms with van der Waals surface area (Å²) >= 11 is 0. The Hall–Kier alpha value is -1.66. The minimum Gasteiger partial charge on any atom is -0.342 e. The smallest absolute Gasteiger partial charge is 0.253 e. The van der Waals surface area contributed by atoms with E-state index in [1.165, 1.54) is 0 Å². The molecule has 0 bridgehead atoms. The predicted octanol–water partition coefficient (Wildman–Crippen LogP) is 1.34. The number of aryl methyl sites for hydroxylation is 1. The third kappa shape index (κ3) is 5.69. The number of hydrogen-bond donors (Lipinski definition) is 2. The standard InChI is InChI=1S/C15H27N5O/c1-5-7-13-10-12(11-14(17-13)18-16)15(21)20(4)9-6-8-19(2)3/h10-11H,5-9,16H2,1-4H3,(H,17,18). The van der Waals surface area contributed by atoms with Gasteiger partial charge in [-0.25, -0.2) is 10.8 Å². The summed E-state index contributed by atoms with van der Waals surface area (Å²) in [5.74, 6) is 5.97. The van der Waals surface area contributed by atoms with Crippen LogP contribution in [0.1, 0.15) is 35.8 Å². The molecule has 1 rings (SSSR count). The molecule has 1 amide bonds. The van der Waals surface area contributed by atoms with Crippen molar-refractivity contribution in [1.82, 2.24) is 14.8 Å². The quantitative estimate of drug-likeness (QED) is 0.559. The van der Waals surface area contributed by atoms with E-state index in [1.54, 1.807) is 11.0 Å². The van der Waals surface area contributed by atoms with Crippen LogP contribution in [0, 0.1) is 0 Å². The van der Waals surface area contributed by atoms with Crippen LogP contribution in [-0.2, 0) is 6.42 Å². The van der Waals surface area contributed by atoms with Gasteiger partial charge in [-0.2, -0.15) is 0 Å². The summed E-state index contributed by atoms with van der Waals surface area (Å²) < 4.78 is 0. The van der Waals surface area contributed by atoms with Crippen LogP contribution >= 0.6 is 0 Å². The first kappa shape index (κ1) is 17.4. The van der Waals surface area contributed by atoms with Gasteiger partial charge in [-0.15, -0.1) is 0 Å². The Morgan fingerprint density at radius 2 is 2.00 bits per heavy atom. The predicted molar refractivity (Wildman–Crippen MR) is 86.2 cm³/mol. The molecule has 3 N–H and O–H groups in total. The maximum atomic E-state index is 12.5. The molecular formula is C15H27N5O. The summed E-state index contributed by atoms with van der Waals surface area (Å²) in [7, 11) is 5.88. The molecule has 0 radical (unpaired) electrons. The molecule has 6 nitrogen and oxygen atoms in total. The zero-order valence-corrected chi connectivity index (χ0v) is 13.5. The number of rotatable bonds is 8. The van der Waals surface area contributed by atoms with Gasteiger partial charge in [0.05, 0.1) is 0 Å². The Kier molecular flexibility index (Phi) is 7.11. The van der Waals surface area contributed by atoms with E-state index < -0.39 is 0 Å². The lowest BCUT2D eigenvalue weighted by Gasteiger charge is -2.19. The lowest BCUT2D eigenvalue weighted by molar-refractivity contribution is 0.0790. The highest BCUT2D eigenvalue weighted by Crippen LogP contribution is 2.13. The molecule has 1 aromatic rings. The van der Waals surface area contributed by atoms with Crippen molar-refractivity contribution in [2.24, 2.45) is 5.84 Å². The van der Waals surface area contributed by atoms with E-state index in [1.807, 2.05) is 27.2 Å². The molecule has 1 heterocycles. The van der Waals surface area contributed by atoms with Crippen molar-refractivity contribution < 1.29 is 4.79 Å². The van der Waals surface area contributed by atoms with E-state index in [0.717, 1.165) is 38.0 Å². The number of nitrogens with one attached hydrogen (secondary N) is 1. The van der Waals surface area contributed by atoms with E-state index in [0.29, 0.717) is 11.4 Å². The van der Waals surface area contributed by atoms with Gasteiger partial charge >= 0.3 is 0 Å². The number of aromatic nitrogens is 1. The lowest BCUT2D eigenvalue weighted by Crippen LogP contribution is -2.30. The normalized spacial score (nSPS) is 10.8. The Labute approximate surface area is 127 Å². The number of anilines is 1. The largest absolute Gasteiger partial charge is 0.342 e. The molecule has 1 aromatic heterocycles. The second-order valence-electron chi connectivity index (χ2n) is 5.51. The number of carbonyl (C=O) groups excluding carboxylic acids is 1. The van der Waals surface area contributed by atoms with Gasteiger partial charge in [0.1, 0.15) is 5.82 Å². The second kappa shape index (κ2) is 8.59. The molecule has 118 valence electrons. The number of nitrogens with two attached hydrogens (primary N) is 1. The summed E-state index contributed by atoms with van der Waals surface area (Å²) in [5, 5.41) is 0. The third-order valence-corrected chi connectivity index (χ3v) is 3.22. The molecule has 0 aliphatic rings. The molecule has 0 saturated carbocycles. The summed E-state index contributed by atoms with van der Waals surface area (Å²) in [6.07, 6.45) is 2.76. The number of nitrogen functional groups attached to an aromatic ring is 1. The van der Waals surface area contributed by atoms with Crippen LogP contribution in [0.15, 0.2) is 12.1 Å². The van der Waals surface area contributed by atoms with E-state index >= 15 is 0 Å². The highest BCUT2D eigenvalue weighted by Gasteiger charge is 2.14. The summed E-state index contributed by atoms with van der Waals surface area (Å²) in [5.41, 5.74) is 4.05. The van der Waals surface area contributed by atoms with Crippen molar-refractivity contribution in [2.75, 3.05) is 39.7 Å². The van der Waals surface area contributed by atoms with Crippen LogP contribution in [0.2, 0.25) is 0 Å². The molecule has 0 aliphatic carbocycles. The number of nitrogens with zero attached hydrogens (tertiary/aromatic N) is 3. The first-order valence-corrected chi connectivity index (χ1v) is 7.35. The Morgan fingerprint density at radius 1 is 1.29 bits per heavy atom. The molecule has 0 saturated heterocycles. The zero-order valence-electron chi connectivity index (χ0n) is 13.5. The van der Waals surface area contributed by atoms with Gasteiger partial charge < -0.3 is 15.2 Å². The fourth-order valence-electron chi connectivity index (χ4n) is 2.12.